The van der Waals surface area contributed by atoms with Crippen LogP contribution in [0.2, 0.25) is 0 Å². The number of esters is 1. The minimum Gasteiger partial charge on any atom is -0.465 e. The summed E-state index contributed by atoms with van der Waals surface area (Å²) in [6.07, 6.45) is 0. The molecular formula is C8H5FINO4. The highest BCUT2D eigenvalue weighted by atomic mass is 127. The summed E-state index contributed by atoms with van der Waals surface area (Å²) in [5.41, 5.74) is -0.780. The molecule has 1 aromatic carbocycles. The Morgan fingerprint density at radius 2 is 2.20 bits per heavy atom. The molecule has 0 aromatic heterocycles. The van der Waals surface area contributed by atoms with E-state index in [1.165, 1.54) is 6.07 Å². The summed E-state index contributed by atoms with van der Waals surface area (Å²) in [5, 5.41) is 10.4. The van der Waals surface area contributed by atoms with Crippen LogP contribution in [0.3, 0.4) is 0 Å². The lowest BCUT2D eigenvalue weighted by Crippen LogP contribution is -2.04. The molecule has 0 heterocycles. The monoisotopic (exact) mass is 325 g/mol. The Morgan fingerprint density at radius 3 is 2.67 bits per heavy atom. The second kappa shape index (κ2) is 4.51. The fourth-order valence-electron chi connectivity index (χ4n) is 0.943. The molecule has 15 heavy (non-hydrogen) atoms. The predicted octanol–water partition coefficient (Wildman–Crippen LogP) is 2.13. The van der Waals surface area contributed by atoms with Gasteiger partial charge in [0, 0.05) is 6.07 Å². The highest BCUT2D eigenvalue weighted by molar-refractivity contribution is 14.1. The van der Waals surface area contributed by atoms with Crippen molar-refractivity contribution in [3.05, 3.63) is 37.2 Å². The average molecular weight is 325 g/mol. The van der Waals surface area contributed by atoms with Crippen LogP contribution in [0.15, 0.2) is 12.1 Å². The van der Waals surface area contributed by atoms with Crippen molar-refractivity contribution in [2.24, 2.45) is 0 Å². The van der Waals surface area contributed by atoms with Gasteiger partial charge in [0.05, 0.1) is 21.2 Å². The number of benzene rings is 1. The number of hydrogen-bond acceptors (Lipinski definition) is 4. The minimum absolute atomic E-state index is 0.00204. The van der Waals surface area contributed by atoms with E-state index in [1.807, 2.05) is 0 Å². The Hall–Kier alpha value is -1.25. The third kappa shape index (κ3) is 2.41. The Labute approximate surface area is 97.5 Å². The summed E-state index contributed by atoms with van der Waals surface area (Å²) < 4.78 is 17.6. The van der Waals surface area contributed by atoms with E-state index in [4.69, 9.17) is 0 Å². The van der Waals surface area contributed by atoms with Crippen LogP contribution in [-0.2, 0) is 4.74 Å². The van der Waals surface area contributed by atoms with Crippen molar-refractivity contribution < 1.29 is 18.8 Å². The van der Waals surface area contributed by atoms with E-state index >= 15 is 0 Å². The molecule has 0 unspecified atom stereocenters. The summed E-state index contributed by atoms with van der Waals surface area (Å²) in [6, 6.07) is 2.04. The lowest BCUT2D eigenvalue weighted by atomic mass is 10.2. The predicted molar refractivity (Wildman–Crippen MR) is 57.1 cm³/mol. The third-order valence-electron chi connectivity index (χ3n) is 1.63. The average Bonchev–Trinajstić information content (AvgIpc) is 2.20. The van der Waals surface area contributed by atoms with Gasteiger partial charge in [0.25, 0.3) is 0 Å². The van der Waals surface area contributed by atoms with Crippen LogP contribution < -0.4 is 0 Å². The van der Waals surface area contributed by atoms with Crippen LogP contribution in [0.5, 0.6) is 0 Å². The van der Waals surface area contributed by atoms with Crippen molar-refractivity contribution in [3.8, 4) is 0 Å². The number of ether oxygens (including phenoxy) is 1. The summed E-state index contributed by atoms with van der Waals surface area (Å²) in [4.78, 5) is 20.6. The van der Waals surface area contributed by atoms with E-state index in [9.17, 15) is 19.3 Å². The number of carbonyl (C=O) groups is 1. The lowest BCUT2D eigenvalue weighted by Gasteiger charge is -2.01. The van der Waals surface area contributed by atoms with Gasteiger partial charge < -0.3 is 4.74 Å². The molecule has 0 atom stereocenters. The molecule has 0 saturated heterocycles. The molecule has 0 N–H and O–H groups in total. The Balaban J connectivity index is 3.35. The molecule has 0 bridgehead atoms. The lowest BCUT2D eigenvalue weighted by molar-refractivity contribution is -0.387. The van der Waals surface area contributed by atoms with Crippen LogP contribution in [0, 0.1) is 19.5 Å². The van der Waals surface area contributed by atoms with Gasteiger partial charge in [-0.05, 0) is 28.7 Å². The first-order valence-corrected chi connectivity index (χ1v) is 4.77. The fraction of sp³-hybridized carbons (Fsp3) is 0.125. The van der Waals surface area contributed by atoms with E-state index in [2.05, 4.69) is 4.74 Å². The van der Waals surface area contributed by atoms with Crippen LogP contribution in [-0.4, -0.2) is 18.0 Å². The van der Waals surface area contributed by atoms with Gasteiger partial charge in [-0.2, -0.15) is 4.39 Å². The number of nitrogens with zero attached hydrogens (tertiary/aromatic N) is 1. The maximum atomic E-state index is 13.2. The third-order valence-corrected chi connectivity index (χ3v) is 2.41. The zero-order valence-corrected chi connectivity index (χ0v) is 9.65. The molecule has 0 aliphatic heterocycles. The fourth-order valence-corrected chi connectivity index (χ4v) is 1.55. The summed E-state index contributed by atoms with van der Waals surface area (Å²) in [6.45, 7) is 0. The molecule has 80 valence electrons. The van der Waals surface area contributed by atoms with E-state index in [1.54, 1.807) is 22.6 Å². The normalized spacial score (nSPS) is 9.80. The molecule has 0 spiro atoms. The highest BCUT2D eigenvalue weighted by Gasteiger charge is 2.21. The standard InChI is InChI=1S/C8H5FINO4/c1-15-8(12)4-2-5(10)7(9)6(3-4)11(13)14/h2-3H,1H3. The number of halogens is 2. The molecule has 7 heteroatoms. The number of methoxy groups -OCH3 is 1. The van der Waals surface area contributed by atoms with Gasteiger partial charge in [0.2, 0.25) is 5.82 Å². The van der Waals surface area contributed by atoms with Crippen molar-refractivity contribution in [2.75, 3.05) is 7.11 Å². The van der Waals surface area contributed by atoms with E-state index < -0.39 is 22.4 Å². The van der Waals surface area contributed by atoms with E-state index in [0.717, 1.165) is 13.2 Å². The first-order valence-electron chi connectivity index (χ1n) is 3.69. The molecule has 0 amide bonds. The largest absolute Gasteiger partial charge is 0.465 e. The maximum absolute atomic E-state index is 13.2. The topological polar surface area (TPSA) is 69.4 Å². The molecule has 0 radical (unpaired) electrons. The smallest absolute Gasteiger partial charge is 0.338 e. The maximum Gasteiger partial charge on any atom is 0.338 e. The van der Waals surface area contributed by atoms with Crippen LogP contribution in [0.25, 0.3) is 0 Å². The van der Waals surface area contributed by atoms with Crippen LogP contribution >= 0.6 is 22.6 Å². The molecular weight excluding hydrogens is 320 g/mol. The molecule has 5 nitrogen and oxygen atoms in total. The second-order valence-electron chi connectivity index (χ2n) is 2.54. The van der Waals surface area contributed by atoms with Gasteiger partial charge in [0.15, 0.2) is 0 Å². The Kier molecular flexibility index (Phi) is 3.56. The van der Waals surface area contributed by atoms with E-state index in [-0.39, 0.29) is 9.13 Å². The molecule has 0 saturated carbocycles. The van der Waals surface area contributed by atoms with Crippen molar-refractivity contribution in [2.45, 2.75) is 0 Å². The van der Waals surface area contributed by atoms with Crippen molar-refractivity contribution in [1.82, 2.24) is 0 Å². The Morgan fingerprint density at radius 1 is 1.60 bits per heavy atom. The molecule has 0 fully saturated rings. The number of carbonyl (C=O) groups excluding carboxylic acids is 1. The van der Waals surface area contributed by atoms with Gasteiger partial charge in [0.1, 0.15) is 0 Å². The quantitative estimate of drug-likeness (QED) is 0.361. The number of rotatable bonds is 2. The van der Waals surface area contributed by atoms with Gasteiger partial charge in [-0.25, -0.2) is 4.79 Å². The first kappa shape index (κ1) is 11.8. The minimum atomic E-state index is -0.951. The molecule has 0 aliphatic rings. The SMILES string of the molecule is COC(=O)c1cc(I)c(F)c([N+](=O)[O-])c1. The number of hydrogen-bond donors (Lipinski definition) is 0. The van der Waals surface area contributed by atoms with Crippen molar-refractivity contribution in [1.29, 1.82) is 0 Å². The number of nitro benzene ring substituents is 1. The highest BCUT2D eigenvalue weighted by Crippen LogP contribution is 2.24. The van der Waals surface area contributed by atoms with Gasteiger partial charge >= 0.3 is 11.7 Å². The van der Waals surface area contributed by atoms with Crippen LogP contribution in [0.4, 0.5) is 10.1 Å². The zero-order chi connectivity index (χ0) is 11.6. The molecule has 1 rings (SSSR count). The van der Waals surface area contributed by atoms with E-state index in [0.29, 0.717) is 0 Å². The zero-order valence-electron chi connectivity index (χ0n) is 7.49. The summed E-state index contributed by atoms with van der Waals surface area (Å²) in [7, 11) is 1.14. The summed E-state index contributed by atoms with van der Waals surface area (Å²) in [5.74, 6) is -1.69. The second-order valence-corrected chi connectivity index (χ2v) is 3.70. The van der Waals surface area contributed by atoms with Crippen molar-refractivity contribution >= 4 is 34.2 Å². The van der Waals surface area contributed by atoms with Crippen molar-refractivity contribution in [3.63, 3.8) is 0 Å². The van der Waals surface area contributed by atoms with Gasteiger partial charge in [-0.1, -0.05) is 0 Å². The van der Waals surface area contributed by atoms with Gasteiger partial charge in [-0.15, -0.1) is 0 Å². The first-order chi connectivity index (χ1) is 6.97. The molecule has 1 aromatic rings. The van der Waals surface area contributed by atoms with Gasteiger partial charge in [-0.3, -0.25) is 10.1 Å². The van der Waals surface area contributed by atoms with Crippen LogP contribution in [0.1, 0.15) is 10.4 Å². The summed E-state index contributed by atoms with van der Waals surface area (Å²) >= 11 is 1.57. The molecule has 0 aliphatic carbocycles. The Bertz CT molecular complexity index is 435. The number of nitro groups is 1.